The van der Waals surface area contributed by atoms with Crippen LogP contribution in [0.25, 0.3) is 0 Å². The quantitative estimate of drug-likeness (QED) is 0.254. The second-order valence-corrected chi connectivity index (χ2v) is 10.1. The van der Waals surface area contributed by atoms with Gasteiger partial charge in [-0.1, -0.05) is 67.4 Å². The van der Waals surface area contributed by atoms with Crippen LogP contribution in [-0.2, 0) is 4.74 Å². The molecule has 0 radical (unpaired) electrons. The van der Waals surface area contributed by atoms with Crippen molar-refractivity contribution in [1.29, 1.82) is 0 Å². The van der Waals surface area contributed by atoms with Gasteiger partial charge in [-0.15, -0.1) is 6.58 Å². The van der Waals surface area contributed by atoms with E-state index in [2.05, 4.69) is 62.3 Å². The predicted molar refractivity (Wildman–Crippen MR) is 132 cm³/mol. The van der Waals surface area contributed by atoms with E-state index in [0.717, 1.165) is 35.4 Å². The summed E-state index contributed by atoms with van der Waals surface area (Å²) in [5.41, 5.74) is 2.44. The van der Waals surface area contributed by atoms with E-state index >= 15 is 0 Å². The van der Waals surface area contributed by atoms with Crippen LogP contribution in [0.3, 0.4) is 0 Å². The van der Waals surface area contributed by atoms with Crippen LogP contribution in [0, 0.1) is 18.8 Å². The van der Waals surface area contributed by atoms with E-state index in [0.29, 0.717) is 12.0 Å². The molecule has 0 bridgehead atoms. The molecule has 2 aromatic rings. The topological polar surface area (TPSA) is 12.2 Å². The van der Waals surface area contributed by atoms with E-state index in [-0.39, 0.29) is 24.8 Å². The van der Waals surface area contributed by atoms with Gasteiger partial charge in [0.15, 0.2) is 18.7 Å². The average molecular weight is 458 g/mol. The zero-order valence-corrected chi connectivity index (χ0v) is 20.5. The number of benzene rings is 2. The Balaban J connectivity index is 0.00000272. The summed E-state index contributed by atoms with van der Waals surface area (Å²) in [6.07, 6.45) is 3.88. The Morgan fingerprint density at radius 2 is 1.84 bits per heavy atom. The van der Waals surface area contributed by atoms with Crippen molar-refractivity contribution >= 4 is 29.1 Å². The first-order chi connectivity index (χ1) is 14.3. The molecule has 0 aliphatic carbocycles. The number of nitrogens with zero attached hydrogens (tertiary/aromatic N) is 1. The smallest absolute Gasteiger partial charge is 0.343 e. The SMILES string of the molecule is C=CC[C@@]1(C)C[C@H](c2cccc(Cl)c2)C(c2ccc(Cl)cc2)[N+]2=C1OC[C@@H]2C(C)C.[CH3-]. The van der Waals surface area contributed by atoms with Crippen molar-refractivity contribution in [1.82, 2.24) is 0 Å². The zero-order valence-electron chi connectivity index (χ0n) is 18.9. The highest BCUT2D eigenvalue weighted by atomic mass is 35.5. The normalized spacial score (nSPS) is 27.5. The first-order valence-corrected chi connectivity index (χ1v) is 11.5. The third-order valence-corrected chi connectivity index (χ3v) is 7.19. The summed E-state index contributed by atoms with van der Waals surface area (Å²) in [5, 5.41) is 1.54. The van der Waals surface area contributed by atoms with Gasteiger partial charge in [0, 0.05) is 21.5 Å². The summed E-state index contributed by atoms with van der Waals surface area (Å²) < 4.78 is 8.99. The lowest BCUT2D eigenvalue weighted by molar-refractivity contribution is -0.616. The summed E-state index contributed by atoms with van der Waals surface area (Å²) in [6.45, 7) is 11.6. The Bertz CT molecular complexity index is 965. The fourth-order valence-electron chi connectivity index (χ4n) is 5.26. The highest BCUT2D eigenvalue weighted by Gasteiger charge is 2.57. The van der Waals surface area contributed by atoms with Crippen LogP contribution in [0.5, 0.6) is 0 Å². The van der Waals surface area contributed by atoms with Gasteiger partial charge in [-0.2, -0.15) is 4.58 Å². The van der Waals surface area contributed by atoms with Gasteiger partial charge in [0.1, 0.15) is 0 Å². The molecule has 0 N–H and O–H groups in total. The highest BCUT2D eigenvalue weighted by Crippen LogP contribution is 2.51. The zero-order chi connectivity index (χ0) is 21.5. The Labute approximate surface area is 197 Å². The molecule has 31 heavy (non-hydrogen) atoms. The molecular weight excluding hydrogens is 425 g/mol. The number of allylic oxidation sites excluding steroid dienone is 1. The van der Waals surface area contributed by atoms with Gasteiger partial charge in [0.2, 0.25) is 0 Å². The van der Waals surface area contributed by atoms with Crippen LogP contribution in [0.2, 0.25) is 10.0 Å². The second-order valence-electron chi connectivity index (χ2n) is 9.25. The molecular formula is C27H33Cl2NO. The van der Waals surface area contributed by atoms with Crippen LogP contribution in [0.15, 0.2) is 61.2 Å². The second kappa shape index (κ2) is 9.38. The van der Waals surface area contributed by atoms with E-state index in [1.165, 1.54) is 11.1 Å². The fourth-order valence-corrected chi connectivity index (χ4v) is 5.58. The van der Waals surface area contributed by atoms with Crippen LogP contribution in [0.4, 0.5) is 0 Å². The number of rotatable bonds is 5. The predicted octanol–water partition coefficient (Wildman–Crippen LogP) is 7.72. The fraction of sp³-hybridized carbons (Fsp3) is 0.407. The van der Waals surface area contributed by atoms with Crippen molar-refractivity contribution in [2.75, 3.05) is 6.61 Å². The Morgan fingerprint density at radius 1 is 1.13 bits per heavy atom. The molecule has 0 aromatic heterocycles. The van der Waals surface area contributed by atoms with Crippen LogP contribution >= 0.6 is 23.2 Å². The Morgan fingerprint density at radius 3 is 2.45 bits per heavy atom. The third kappa shape index (κ3) is 4.43. The minimum Gasteiger partial charge on any atom is -0.441 e. The lowest BCUT2D eigenvalue weighted by Gasteiger charge is -2.39. The van der Waals surface area contributed by atoms with Crippen LogP contribution in [0.1, 0.15) is 56.7 Å². The molecule has 0 fully saturated rings. The maximum Gasteiger partial charge on any atom is 0.343 e. The van der Waals surface area contributed by atoms with E-state index in [9.17, 15) is 0 Å². The molecule has 2 nitrogen and oxygen atoms in total. The molecule has 0 amide bonds. The molecule has 0 saturated heterocycles. The van der Waals surface area contributed by atoms with E-state index in [1.54, 1.807) is 0 Å². The van der Waals surface area contributed by atoms with Crippen molar-refractivity contribution in [2.24, 2.45) is 11.3 Å². The van der Waals surface area contributed by atoms with Crippen molar-refractivity contribution in [3.05, 3.63) is 89.8 Å². The van der Waals surface area contributed by atoms with E-state index in [1.807, 2.05) is 24.3 Å². The largest absolute Gasteiger partial charge is 0.441 e. The molecule has 0 spiro atoms. The summed E-state index contributed by atoms with van der Waals surface area (Å²) >= 11 is 12.7. The molecule has 0 saturated carbocycles. The van der Waals surface area contributed by atoms with Crippen molar-refractivity contribution < 1.29 is 9.31 Å². The molecule has 4 rings (SSSR count). The van der Waals surface area contributed by atoms with Gasteiger partial charge < -0.3 is 12.2 Å². The maximum atomic E-state index is 6.43. The molecule has 4 atom stereocenters. The molecule has 166 valence electrons. The lowest BCUT2D eigenvalue weighted by Crippen LogP contribution is -2.46. The summed E-state index contributed by atoms with van der Waals surface area (Å²) in [5.74, 6) is 1.87. The number of halogens is 2. The molecule has 2 aromatic carbocycles. The number of hydrogen-bond acceptors (Lipinski definition) is 1. The summed E-state index contributed by atoms with van der Waals surface area (Å²) in [7, 11) is 0. The molecule has 2 heterocycles. The summed E-state index contributed by atoms with van der Waals surface area (Å²) in [6, 6.07) is 17.1. The molecule has 4 heteroatoms. The van der Waals surface area contributed by atoms with Gasteiger partial charge >= 0.3 is 5.90 Å². The monoisotopic (exact) mass is 457 g/mol. The maximum absolute atomic E-state index is 6.43. The first kappa shape index (κ1) is 23.9. The average Bonchev–Trinajstić information content (AvgIpc) is 3.15. The van der Waals surface area contributed by atoms with Crippen molar-refractivity contribution in [3.8, 4) is 0 Å². The number of ether oxygens (including phenoxy) is 1. The molecule has 2 aliphatic rings. The van der Waals surface area contributed by atoms with Gasteiger partial charge in [0.05, 0.1) is 11.3 Å². The highest BCUT2D eigenvalue weighted by molar-refractivity contribution is 6.30. The van der Waals surface area contributed by atoms with Gasteiger partial charge in [-0.05, 0) is 49.6 Å². The first-order valence-electron chi connectivity index (χ1n) is 10.7. The molecule has 1 unspecified atom stereocenters. The third-order valence-electron chi connectivity index (χ3n) is 6.70. The minimum absolute atomic E-state index is 0. The number of hydrogen-bond donors (Lipinski definition) is 0. The van der Waals surface area contributed by atoms with E-state index < -0.39 is 0 Å². The summed E-state index contributed by atoms with van der Waals surface area (Å²) in [4.78, 5) is 0. The Kier molecular flexibility index (Phi) is 7.23. The van der Waals surface area contributed by atoms with Crippen molar-refractivity contribution in [2.45, 2.75) is 51.6 Å². The van der Waals surface area contributed by atoms with Gasteiger partial charge in [-0.25, -0.2) is 0 Å². The van der Waals surface area contributed by atoms with E-state index in [4.69, 9.17) is 27.9 Å². The Hall–Kier alpha value is -1.77. The molecule has 2 aliphatic heterocycles. The standard InChI is InChI=1S/C26H30Cl2NO.CH3/c1-5-13-26(4)15-22(19-7-6-8-21(28)14-19)24(18-9-11-20(27)12-10-18)29-23(17(2)3)16-30-25(26)29;/h5-12,14,17,22-24H,1,13,15-16H2,2-4H3;1H3/q+1;-1/t22-,23-,24?,26+;/m1./s1. The lowest BCUT2D eigenvalue weighted by atomic mass is 9.69. The minimum atomic E-state index is -0.0959. The van der Waals surface area contributed by atoms with Crippen LogP contribution in [-0.4, -0.2) is 23.1 Å². The van der Waals surface area contributed by atoms with Crippen molar-refractivity contribution in [3.63, 3.8) is 0 Å². The van der Waals surface area contributed by atoms with Gasteiger partial charge in [-0.3, -0.25) is 0 Å². The van der Waals surface area contributed by atoms with Crippen LogP contribution < -0.4 is 0 Å². The van der Waals surface area contributed by atoms with Gasteiger partial charge in [0.25, 0.3) is 0 Å².